The monoisotopic (exact) mass is 295 g/mol. The van der Waals surface area contributed by atoms with Gasteiger partial charge < -0.3 is 19.9 Å². The fraction of sp³-hybridized carbons (Fsp3) is 0.231. The molecule has 0 unspecified atom stereocenters. The number of methoxy groups -OCH3 is 1. The van der Waals surface area contributed by atoms with Crippen LogP contribution in [0.3, 0.4) is 0 Å². The molecule has 0 saturated heterocycles. The van der Waals surface area contributed by atoms with Gasteiger partial charge in [0.2, 0.25) is 11.8 Å². The molecule has 0 aliphatic rings. The Balaban J connectivity index is 2.05. The van der Waals surface area contributed by atoms with Crippen molar-refractivity contribution in [1.82, 2.24) is 9.97 Å². The maximum Gasteiger partial charge on any atom is 0.292 e. The third-order valence-corrected chi connectivity index (χ3v) is 2.52. The molecule has 3 N–H and O–H groups in total. The van der Waals surface area contributed by atoms with E-state index in [0.29, 0.717) is 24.7 Å². The molecule has 8 heteroatoms. The third-order valence-electron chi connectivity index (χ3n) is 2.52. The third kappa shape index (κ3) is 3.93. The summed E-state index contributed by atoms with van der Waals surface area (Å²) in [5.41, 5.74) is -0.465. The summed E-state index contributed by atoms with van der Waals surface area (Å²) in [5.74, 6) is -1.68. The summed E-state index contributed by atoms with van der Waals surface area (Å²) >= 11 is 0. The SMILES string of the molecule is COCCOc1ccc(Nc2nc(O)c(F)c(=O)[nH]2)cc1. The van der Waals surface area contributed by atoms with Gasteiger partial charge in [-0.2, -0.15) is 9.37 Å². The Labute approximate surface area is 119 Å². The van der Waals surface area contributed by atoms with Crippen LogP contribution in [0.25, 0.3) is 0 Å². The lowest BCUT2D eigenvalue weighted by atomic mass is 10.3. The molecule has 0 radical (unpaired) electrons. The zero-order valence-electron chi connectivity index (χ0n) is 11.2. The number of H-pyrrole nitrogens is 1. The van der Waals surface area contributed by atoms with E-state index in [2.05, 4.69) is 15.3 Å². The van der Waals surface area contributed by atoms with Crippen LogP contribution in [0.4, 0.5) is 16.0 Å². The number of hydrogen-bond donors (Lipinski definition) is 3. The first-order valence-electron chi connectivity index (χ1n) is 6.08. The molecule has 0 fully saturated rings. The van der Waals surface area contributed by atoms with E-state index in [0.717, 1.165) is 0 Å². The van der Waals surface area contributed by atoms with Gasteiger partial charge in [-0.25, -0.2) is 0 Å². The highest BCUT2D eigenvalue weighted by Crippen LogP contribution is 2.18. The number of hydrogen-bond acceptors (Lipinski definition) is 6. The molecule has 1 aromatic heterocycles. The topological polar surface area (TPSA) is 96.5 Å². The van der Waals surface area contributed by atoms with Crippen LogP contribution in [0.5, 0.6) is 11.6 Å². The fourth-order valence-electron chi connectivity index (χ4n) is 1.52. The van der Waals surface area contributed by atoms with Gasteiger partial charge in [0.15, 0.2) is 0 Å². The highest BCUT2D eigenvalue weighted by atomic mass is 19.1. The van der Waals surface area contributed by atoms with E-state index in [4.69, 9.17) is 14.6 Å². The van der Waals surface area contributed by atoms with E-state index in [-0.39, 0.29) is 5.95 Å². The van der Waals surface area contributed by atoms with Crippen molar-refractivity contribution < 1.29 is 19.0 Å². The van der Waals surface area contributed by atoms with Crippen molar-refractivity contribution in [2.24, 2.45) is 0 Å². The van der Waals surface area contributed by atoms with E-state index in [9.17, 15) is 9.18 Å². The Morgan fingerprint density at radius 3 is 2.67 bits per heavy atom. The van der Waals surface area contributed by atoms with E-state index in [1.165, 1.54) is 0 Å². The number of aromatic nitrogens is 2. The van der Waals surface area contributed by atoms with Crippen molar-refractivity contribution in [3.8, 4) is 11.6 Å². The standard InChI is InChI=1S/C13H14FN3O4/c1-20-6-7-21-9-4-2-8(3-5-9)15-13-16-11(18)10(14)12(19)17-13/h2-5H,6-7H2,1H3,(H3,15,16,17,18,19). The second-order valence-corrected chi connectivity index (χ2v) is 4.04. The fourth-order valence-corrected chi connectivity index (χ4v) is 1.52. The largest absolute Gasteiger partial charge is 0.491 e. The molecule has 0 aliphatic heterocycles. The van der Waals surface area contributed by atoms with Crippen molar-refractivity contribution in [3.05, 3.63) is 40.4 Å². The summed E-state index contributed by atoms with van der Waals surface area (Å²) in [7, 11) is 1.59. The lowest BCUT2D eigenvalue weighted by Crippen LogP contribution is -2.14. The van der Waals surface area contributed by atoms with Gasteiger partial charge in [0.05, 0.1) is 6.61 Å². The molecule has 0 amide bonds. The summed E-state index contributed by atoms with van der Waals surface area (Å²) in [6.45, 7) is 0.921. The number of nitrogens with one attached hydrogen (secondary N) is 2. The van der Waals surface area contributed by atoms with Crippen LogP contribution in [0.15, 0.2) is 29.1 Å². The quantitative estimate of drug-likeness (QED) is 0.697. The average molecular weight is 295 g/mol. The van der Waals surface area contributed by atoms with Crippen LogP contribution in [-0.4, -0.2) is 35.4 Å². The molecule has 21 heavy (non-hydrogen) atoms. The lowest BCUT2D eigenvalue weighted by molar-refractivity contribution is 0.146. The first kappa shape index (κ1) is 14.8. The average Bonchev–Trinajstić information content (AvgIpc) is 2.47. The van der Waals surface area contributed by atoms with Gasteiger partial charge in [-0.15, -0.1) is 0 Å². The molecule has 0 spiro atoms. The number of aromatic amines is 1. The number of ether oxygens (including phenoxy) is 2. The van der Waals surface area contributed by atoms with Crippen LogP contribution in [-0.2, 0) is 4.74 Å². The van der Waals surface area contributed by atoms with Crippen LogP contribution >= 0.6 is 0 Å². The molecular formula is C13H14FN3O4. The minimum atomic E-state index is -1.32. The minimum absolute atomic E-state index is 0.0630. The molecule has 0 atom stereocenters. The first-order chi connectivity index (χ1) is 10.1. The number of aromatic hydroxyl groups is 1. The molecule has 112 valence electrons. The number of halogens is 1. The summed E-state index contributed by atoms with van der Waals surface area (Å²) in [4.78, 5) is 16.8. The Bertz CT molecular complexity index is 657. The van der Waals surface area contributed by atoms with Gasteiger partial charge in [-0.1, -0.05) is 0 Å². The van der Waals surface area contributed by atoms with Crippen molar-refractivity contribution in [2.45, 2.75) is 0 Å². The van der Waals surface area contributed by atoms with E-state index < -0.39 is 17.3 Å². The molecule has 2 aromatic rings. The molecule has 7 nitrogen and oxygen atoms in total. The van der Waals surface area contributed by atoms with Crippen LogP contribution in [0.1, 0.15) is 0 Å². The maximum atomic E-state index is 12.9. The molecule has 1 heterocycles. The van der Waals surface area contributed by atoms with E-state index in [1.807, 2.05) is 0 Å². The molecule has 0 saturated carbocycles. The first-order valence-corrected chi connectivity index (χ1v) is 6.08. The molecule has 1 aromatic carbocycles. The Morgan fingerprint density at radius 2 is 2.05 bits per heavy atom. The summed E-state index contributed by atoms with van der Waals surface area (Å²) in [5, 5.41) is 11.9. The number of benzene rings is 1. The Morgan fingerprint density at radius 1 is 1.33 bits per heavy atom. The van der Waals surface area contributed by atoms with Gasteiger partial charge >= 0.3 is 0 Å². The lowest BCUT2D eigenvalue weighted by Gasteiger charge is -2.08. The highest BCUT2D eigenvalue weighted by Gasteiger charge is 2.09. The van der Waals surface area contributed by atoms with Crippen molar-refractivity contribution in [2.75, 3.05) is 25.6 Å². The highest BCUT2D eigenvalue weighted by molar-refractivity contribution is 5.54. The Kier molecular flexibility index (Phi) is 4.72. The maximum absolute atomic E-state index is 12.9. The van der Waals surface area contributed by atoms with Gasteiger partial charge in [0.25, 0.3) is 11.4 Å². The van der Waals surface area contributed by atoms with Crippen LogP contribution in [0.2, 0.25) is 0 Å². The normalized spacial score (nSPS) is 10.4. The second-order valence-electron chi connectivity index (χ2n) is 4.04. The van der Waals surface area contributed by atoms with Gasteiger partial charge in [-0.05, 0) is 24.3 Å². The van der Waals surface area contributed by atoms with Crippen molar-refractivity contribution >= 4 is 11.6 Å². The van der Waals surface area contributed by atoms with E-state index in [1.54, 1.807) is 31.4 Å². The molecule has 0 aliphatic carbocycles. The van der Waals surface area contributed by atoms with Crippen molar-refractivity contribution in [3.63, 3.8) is 0 Å². The molecule has 0 bridgehead atoms. The zero-order valence-corrected chi connectivity index (χ0v) is 11.2. The number of nitrogens with zero attached hydrogens (tertiary/aromatic N) is 1. The predicted molar refractivity (Wildman–Crippen MR) is 73.6 cm³/mol. The summed E-state index contributed by atoms with van der Waals surface area (Å²) < 4.78 is 23.2. The minimum Gasteiger partial charge on any atom is -0.491 e. The predicted octanol–water partition coefficient (Wildman–Crippen LogP) is 1.38. The summed E-state index contributed by atoms with van der Waals surface area (Å²) in [6.07, 6.45) is 0. The van der Waals surface area contributed by atoms with Crippen molar-refractivity contribution in [1.29, 1.82) is 0 Å². The van der Waals surface area contributed by atoms with Gasteiger partial charge in [0.1, 0.15) is 12.4 Å². The second kappa shape index (κ2) is 6.71. The van der Waals surface area contributed by atoms with Crippen LogP contribution in [0, 0.1) is 5.82 Å². The summed E-state index contributed by atoms with van der Waals surface area (Å²) in [6, 6.07) is 6.78. The smallest absolute Gasteiger partial charge is 0.292 e. The van der Waals surface area contributed by atoms with E-state index >= 15 is 0 Å². The van der Waals surface area contributed by atoms with Crippen LogP contribution < -0.4 is 15.6 Å². The molecular weight excluding hydrogens is 281 g/mol. The number of anilines is 2. The molecule has 2 rings (SSSR count). The zero-order chi connectivity index (χ0) is 15.2. The van der Waals surface area contributed by atoms with Gasteiger partial charge in [0, 0.05) is 12.8 Å². The Hall–Kier alpha value is -2.61. The van der Waals surface area contributed by atoms with Gasteiger partial charge in [-0.3, -0.25) is 9.78 Å². The number of rotatable bonds is 6.